The minimum Gasteiger partial charge on any atom is -0.309 e. The van der Waals surface area contributed by atoms with E-state index in [2.05, 4.69) is 130 Å². The van der Waals surface area contributed by atoms with Gasteiger partial charge in [-0.2, -0.15) is 0 Å². The second kappa shape index (κ2) is 15.1. The molecule has 11 rings (SSSR count). The Labute approximate surface area is 352 Å². The number of aromatic nitrogens is 4. The molecule has 0 aliphatic carbocycles. The van der Waals surface area contributed by atoms with E-state index in [1.807, 2.05) is 97.1 Å². The number of nitrogens with one attached hydrogen (secondary N) is 2. The maximum atomic E-state index is 8.95. The van der Waals surface area contributed by atoms with Crippen LogP contribution in [0.4, 0.5) is 0 Å². The van der Waals surface area contributed by atoms with E-state index in [0.717, 1.165) is 88.5 Å². The molecule has 0 saturated carbocycles. The highest BCUT2D eigenvalue weighted by Gasteiger charge is 2.20. The van der Waals surface area contributed by atoms with Gasteiger partial charge in [0.25, 0.3) is 0 Å². The van der Waals surface area contributed by atoms with Crippen LogP contribution in [0.5, 0.6) is 0 Å². The first kappa shape index (κ1) is 35.7. The summed E-state index contributed by atoms with van der Waals surface area (Å²) in [6, 6.07) is 72.5. The number of para-hydroxylation sites is 2. The molecule has 0 spiro atoms. The Balaban J connectivity index is 1.05. The lowest BCUT2D eigenvalue weighted by atomic mass is 10.1. The summed E-state index contributed by atoms with van der Waals surface area (Å²) in [5.74, 6) is 1.45. The zero-order chi connectivity index (χ0) is 40.7. The first-order valence-electron chi connectivity index (χ1n) is 20.3. The molecule has 3 aromatic heterocycles. The lowest BCUT2D eigenvalue weighted by Gasteiger charge is -2.15. The van der Waals surface area contributed by atoms with Crippen LogP contribution < -0.4 is 5.43 Å². The summed E-state index contributed by atoms with van der Waals surface area (Å²) >= 11 is 0. The molecule has 2 N–H and O–H groups in total. The van der Waals surface area contributed by atoms with E-state index in [1.54, 1.807) is 0 Å². The van der Waals surface area contributed by atoms with Crippen molar-refractivity contribution in [3.8, 4) is 39.6 Å². The quantitative estimate of drug-likeness (QED) is 0.125. The van der Waals surface area contributed by atoms with Crippen molar-refractivity contribution in [3.05, 3.63) is 223 Å². The summed E-state index contributed by atoms with van der Waals surface area (Å²) in [6.45, 7) is 0. The maximum absolute atomic E-state index is 8.95. The second-order valence-electron chi connectivity index (χ2n) is 15.0. The molecule has 0 fully saturated rings. The van der Waals surface area contributed by atoms with E-state index >= 15 is 0 Å². The summed E-state index contributed by atoms with van der Waals surface area (Å²) in [5.41, 5.74) is 15.4. The number of aliphatic imine (C=N–C) groups is 1. The van der Waals surface area contributed by atoms with Gasteiger partial charge in [-0.1, -0.05) is 170 Å². The van der Waals surface area contributed by atoms with Crippen LogP contribution in [-0.4, -0.2) is 30.9 Å². The van der Waals surface area contributed by atoms with Gasteiger partial charge < -0.3 is 4.57 Å². The number of fused-ring (bicyclic) bond motifs is 6. The molecular weight excluding hydrogens is 747 g/mol. The molecule has 7 heteroatoms. The molecule has 11 aromatic rings. The number of hydrogen-bond acceptors (Lipinski definition) is 3. The molecule has 0 atom stereocenters. The van der Waals surface area contributed by atoms with Crippen molar-refractivity contribution in [2.24, 2.45) is 4.99 Å². The molecule has 0 amide bonds. The van der Waals surface area contributed by atoms with Crippen molar-refractivity contribution in [2.45, 2.75) is 0 Å². The Hall–Kier alpha value is -8.42. The molecule has 288 valence electrons. The average molecular weight is 784 g/mol. The van der Waals surface area contributed by atoms with Crippen LogP contribution in [-0.2, 0) is 0 Å². The normalized spacial score (nSPS) is 11.8. The predicted molar refractivity (Wildman–Crippen MR) is 251 cm³/mol. The lowest BCUT2D eigenvalue weighted by molar-refractivity contribution is 1.08. The highest BCUT2D eigenvalue weighted by molar-refractivity contribution is 6.20. The van der Waals surface area contributed by atoms with Crippen molar-refractivity contribution in [1.29, 1.82) is 5.41 Å². The van der Waals surface area contributed by atoms with Crippen LogP contribution in [0.15, 0.2) is 217 Å². The molecule has 0 unspecified atom stereocenters. The van der Waals surface area contributed by atoms with Crippen LogP contribution in [0.2, 0.25) is 0 Å². The highest BCUT2D eigenvalue weighted by atomic mass is 15.4. The fourth-order valence-electron chi connectivity index (χ4n) is 8.31. The third-order valence-corrected chi connectivity index (χ3v) is 11.3. The van der Waals surface area contributed by atoms with Gasteiger partial charge >= 0.3 is 0 Å². The molecule has 7 nitrogen and oxygen atoms in total. The fourth-order valence-corrected chi connectivity index (χ4v) is 8.31. The maximum Gasteiger partial charge on any atom is 0.160 e. The zero-order valence-electron chi connectivity index (χ0n) is 32.9. The van der Waals surface area contributed by atoms with Crippen molar-refractivity contribution in [2.75, 3.05) is 5.43 Å². The van der Waals surface area contributed by atoms with E-state index in [-0.39, 0.29) is 5.84 Å². The van der Waals surface area contributed by atoms with Crippen LogP contribution in [0.1, 0.15) is 11.1 Å². The topological polar surface area (TPSA) is 83.9 Å². The Morgan fingerprint density at radius 2 is 0.918 bits per heavy atom. The summed E-state index contributed by atoms with van der Waals surface area (Å²) in [7, 11) is 0. The van der Waals surface area contributed by atoms with Gasteiger partial charge in [0, 0.05) is 55.0 Å². The van der Waals surface area contributed by atoms with Gasteiger partial charge in [-0.25, -0.2) is 15.0 Å². The molecular formula is C54H37N7. The van der Waals surface area contributed by atoms with E-state index in [1.165, 1.54) is 0 Å². The van der Waals surface area contributed by atoms with Crippen LogP contribution in [0, 0.1) is 5.41 Å². The molecule has 61 heavy (non-hydrogen) atoms. The number of amidine groups is 2. The minimum atomic E-state index is 0.178. The first-order valence-corrected chi connectivity index (χ1v) is 20.3. The van der Waals surface area contributed by atoms with Crippen molar-refractivity contribution in [3.63, 3.8) is 0 Å². The van der Waals surface area contributed by atoms with Gasteiger partial charge in [-0.05, 0) is 42.5 Å². The zero-order valence-corrected chi connectivity index (χ0v) is 32.9. The number of rotatable bonds is 7. The molecule has 0 aliphatic rings. The Morgan fingerprint density at radius 1 is 0.426 bits per heavy atom. The lowest BCUT2D eigenvalue weighted by Crippen LogP contribution is -2.25. The molecule has 0 saturated heterocycles. The van der Waals surface area contributed by atoms with Gasteiger partial charge in [0.05, 0.1) is 33.5 Å². The summed E-state index contributed by atoms with van der Waals surface area (Å²) in [6.07, 6.45) is 0. The second-order valence-corrected chi connectivity index (χ2v) is 15.0. The Kier molecular flexibility index (Phi) is 8.82. The third-order valence-electron chi connectivity index (χ3n) is 11.3. The van der Waals surface area contributed by atoms with Crippen LogP contribution >= 0.6 is 0 Å². The van der Waals surface area contributed by atoms with Gasteiger partial charge in [0.1, 0.15) is 0 Å². The van der Waals surface area contributed by atoms with Crippen LogP contribution in [0.3, 0.4) is 0 Å². The molecule has 0 aliphatic heterocycles. The molecule has 0 bridgehead atoms. The van der Waals surface area contributed by atoms with E-state index in [0.29, 0.717) is 11.7 Å². The Morgan fingerprint density at radius 3 is 1.57 bits per heavy atom. The van der Waals surface area contributed by atoms with Gasteiger partial charge in [-0.3, -0.25) is 15.5 Å². The summed E-state index contributed by atoms with van der Waals surface area (Å²) in [5, 5.41) is 13.4. The SMILES string of the molecule is N=C(/N=C(\Nn1c2ccccc2c2cc3c(cc21)c1ccccc1n3-c1ccc(-c2cc(-c3ccccc3)nc(-c3ccccc3)n2)cc1)c1ccccc1)c1ccccc1. The standard InChI is InChI=1S/C54H37N7/c55-52(38-19-7-2-8-20-38)58-54(40-23-11-4-12-24-40)59-61-49-28-16-14-26-43(49)45-33-50-44(34-51(45)61)42-25-13-15-27-48(42)60(50)41-31-29-37(30-32-41)47-35-46(36-17-5-1-6-18-36)56-53(57-47)39-21-9-3-10-22-39/h1-35H,(H2,55,58,59). The molecule has 0 radical (unpaired) electrons. The van der Waals surface area contributed by atoms with Gasteiger partial charge in [-0.15, -0.1) is 0 Å². The van der Waals surface area contributed by atoms with E-state index < -0.39 is 0 Å². The highest BCUT2D eigenvalue weighted by Crippen LogP contribution is 2.38. The minimum absolute atomic E-state index is 0.178. The molecule has 8 aromatic carbocycles. The van der Waals surface area contributed by atoms with Crippen molar-refractivity contribution < 1.29 is 0 Å². The summed E-state index contributed by atoms with van der Waals surface area (Å²) in [4.78, 5) is 15.0. The number of nitrogens with zero attached hydrogens (tertiary/aromatic N) is 5. The average Bonchev–Trinajstić information content (AvgIpc) is 3.82. The van der Waals surface area contributed by atoms with Crippen LogP contribution in [0.25, 0.3) is 83.2 Å². The van der Waals surface area contributed by atoms with Crippen molar-refractivity contribution in [1.82, 2.24) is 19.2 Å². The van der Waals surface area contributed by atoms with Crippen molar-refractivity contribution >= 4 is 55.3 Å². The summed E-state index contributed by atoms with van der Waals surface area (Å²) < 4.78 is 4.47. The number of hydrogen-bond donors (Lipinski definition) is 2. The van der Waals surface area contributed by atoms with E-state index in [9.17, 15) is 0 Å². The number of benzene rings is 8. The molecule has 3 heterocycles. The Bertz CT molecular complexity index is 3370. The fraction of sp³-hybridized carbons (Fsp3) is 0. The monoisotopic (exact) mass is 783 g/mol. The van der Waals surface area contributed by atoms with Gasteiger partial charge in [0.2, 0.25) is 0 Å². The first-order chi connectivity index (χ1) is 30.2. The predicted octanol–water partition coefficient (Wildman–Crippen LogP) is 12.7. The smallest absolute Gasteiger partial charge is 0.160 e. The largest absolute Gasteiger partial charge is 0.309 e. The van der Waals surface area contributed by atoms with E-state index in [4.69, 9.17) is 20.4 Å². The third kappa shape index (κ3) is 6.51. The van der Waals surface area contributed by atoms with Gasteiger partial charge in [0.15, 0.2) is 17.5 Å².